The summed E-state index contributed by atoms with van der Waals surface area (Å²) in [6.45, 7) is 0.374. The van der Waals surface area contributed by atoms with Gasteiger partial charge in [-0.2, -0.15) is 0 Å². The standard InChI is InChI=1S/C14H23NO12/c1-3(17)15-5-6(18)10(4(2-16)25-13(5)24)26-14-9(21)7(19)8(20)11(27-14)12(22)23/h4-11,13-14,16,18-21,24H,2H2,1H3,(H,15,17)(H,22,23)/t4-,5-,6-,7+,8+,9-,10-,11-,13+,14+/m1/s1. The molecule has 0 spiro atoms. The van der Waals surface area contributed by atoms with Crippen molar-refractivity contribution < 1.29 is 59.5 Å². The molecule has 0 aromatic carbocycles. The number of aliphatic hydroxyl groups excluding tert-OH is 6. The predicted octanol–water partition coefficient (Wildman–Crippen LogP) is -5.16. The number of nitrogens with one attached hydrogen (secondary N) is 1. The minimum atomic E-state index is -1.94. The first-order valence-electron chi connectivity index (χ1n) is 8.06. The summed E-state index contributed by atoms with van der Waals surface area (Å²) in [7, 11) is 0. The number of hydrogen-bond acceptors (Lipinski definition) is 11. The molecule has 2 saturated heterocycles. The minimum absolute atomic E-state index is 0.610. The number of carboxylic acids is 1. The lowest BCUT2D eigenvalue weighted by Gasteiger charge is -2.45. The lowest BCUT2D eigenvalue weighted by Crippen LogP contribution is -2.67. The molecule has 0 bridgehead atoms. The van der Waals surface area contributed by atoms with E-state index in [1.165, 1.54) is 0 Å². The zero-order valence-corrected chi connectivity index (χ0v) is 14.2. The average Bonchev–Trinajstić information content (AvgIpc) is 2.60. The molecule has 13 nitrogen and oxygen atoms in total. The van der Waals surface area contributed by atoms with Gasteiger partial charge in [-0.15, -0.1) is 0 Å². The van der Waals surface area contributed by atoms with Gasteiger partial charge in [-0.1, -0.05) is 0 Å². The first-order valence-corrected chi connectivity index (χ1v) is 8.06. The molecule has 13 heteroatoms. The molecule has 2 aliphatic heterocycles. The highest BCUT2D eigenvalue weighted by atomic mass is 16.7. The van der Waals surface area contributed by atoms with Gasteiger partial charge in [0.15, 0.2) is 18.7 Å². The first kappa shape index (κ1) is 21.9. The van der Waals surface area contributed by atoms with Crippen LogP contribution < -0.4 is 5.32 Å². The van der Waals surface area contributed by atoms with Crippen LogP contribution in [0.2, 0.25) is 0 Å². The molecule has 2 fully saturated rings. The fourth-order valence-corrected chi connectivity index (χ4v) is 2.96. The Bertz CT molecular complexity index is 546. The Morgan fingerprint density at radius 1 is 1.00 bits per heavy atom. The smallest absolute Gasteiger partial charge is 0.335 e. The molecule has 156 valence electrons. The van der Waals surface area contributed by atoms with Gasteiger partial charge in [0, 0.05) is 6.92 Å². The number of ether oxygens (including phenoxy) is 3. The number of carbonyl (C=O) groups excluding carboxylic acids is 1. The van der Waals surface area contributed by atoms with E-state index in [-0.39, 0.29) is 0 Å². The summed E-state index contributed by atoms with van der Waals surface area (Å²) in [5, 5.41) is 70.4. The summed E-state index contributed by atoms with van der Waals surface area (Å²) in [5.74, 6) is -2.24. The van der Waals surface area contributed by atoms with Crippen LogP contribution in [0.25, 0.3) is 0 Å². The van der Waals surface area contributed by atoms with Crippen LogP contribution in [0, 0.1) is 0 Å². The van der Waals surface area contributed by atoms with E-state index in [4.69, 9.17) is 19.3 Å². The third kappa shape index (κ3) is 4.53. The molecule has 2 heterocycles. The van der Waals surface area contributed by atoms with Crippen molar-refractivity contribution in [1.29, 1.82) is 0 Å². The topological polar surface area (TPSA) is 215 Å². The molecule has 0 aliphatic carbocycles. The summed E-state index contributed by atoms with van der Waals surface area (Å²) in [6, 6.07) is -1.36. The zero-order chi connectivity index (χ0) is 20.5. The van der Waals surface area contributed by atoms with E-state index < -0.39 is 79.8 Å². The van der Waals surface area contributed by atoms with E-state index in [0.29, 0.717) is 0 Å². The Labute approximate surface area is 152 Å². The molecule has 0 radical (unpaired) electrons. The quantitative estimate of drug-likeness (QED) is 0.218. The highest BCUT2D eigenvalue weighted by Gasteiger charge is 2.52. The van der Waals surface area contributed by atoms with Gasteiger partial charge >= 0.3 is 5.97 Å². The molecule has 1 amide bonds. The minimum Gasteiger partial charge on any atom is -0.479 e. The number of aliphatic carboxylic acids is 1. The van der Waals surface area contributed by atoms with Crippen LogP contribution in [-0.2, 0) is 23.8 Å². The third-order valence-corrected chi connectivity index (χ3v) is 4.35. The molecule has 10 atom stereocenters. The largest absolute Gasteiger partial charge is 0.479 e. The van der Waals surface area contributed by atoms with Crippen molar-refractivity contribution in [2.75, 3.05) is 6.61 Å². The fourth-order valence-electron chi connectivity index (χ4n) is 2.96. The van der Waals surface area contributed by atoms with Gasteiger partial charge in [0.05, 0.1) is 6.61 Å². The summed E-state index contributed by atoms with van der Waals surface area (Å²) in [5.41, 5.74) is 0. The Morgan fingerprint density at radius 3 is 2.15 bits per heavy atom. The van der Waals surface area contributed by atoms with Crippen LogP contribution >= 0.6 is 0 Å². The highest BCUT2D eigenvalue weighted by Crippen LogP contribution is 2.28. The molecule has 2 aliphatic rings. The molecule has 0 aromatic heterocycles. The molecule has 8 N–H and O–H groups in total. The Hall–Kier alpha value is -1.42. The van der Waals surface area contributed by atoms with Crippen LogP contribution in [0.1, 0.15) is 6.92 Å². The van der Waals surface area contributed by atoms with Crippen molar-refractivity contribution in [3.63, 3.8) is 0 Å². The number of aliphatic hydroxyl groups is 6. The Balaban J connectivity index is 2.20. The van der Waals surface area contributed by atoms with Crippen molar-refractivity contribution in [2.24, 2.45) is 0 Å². The molecule has 0 aromatic rings. The van der Waals surface area contributed by atoms with Crippen molar-refractivity contribution in [1.82, 2.24) is 5.32 Å². The van der Waals surface area contributed by atoms with Gasteiger partial charge in [0.1, 0.15) is 42.7 Å². The molecular formula is C14H23NO12. The van der Waals surface area contributed by atoms with Crippen molar-refractivity contribution in [3.05, 3.63) is 0 Å². The summed E-state index contributed by atoms with van der Waals surface area (Å²) in [4.78, 5) is 22.4. The summed E-state index contributed by atoms with van der Waals surface area (Å²) < 4.78 is 15.3. The van der Waals surface area contributed by atoms with Crippen molar-refractivity contribution in [3.8, 4) is 0 Å². The monoisotopic (exact) mass is 397 g/mol. The molecule has 2 rings (SSSR count). The lowest BCUT2D eigenvalue weighted by molar-refractivity contribution is -0.340. The Morgan fingerprint density at radius 2 is 1.63 bits per heavy atom. The van der Waals surface area contributed by atoms with Crippen molar-refractivity contribution >= 4 is 11.9 Å². The van der Waals surface area contributed by atoms with Gasteiger partial charge in [-0.3, -0.25) is 4.79 Å². The van der Waals surface area contributed by atoms with Crippen LogP contribution in [0.3, 0.4) is 0 Å². The van der Waals surface area contributed by atoms with Gasteiger partial charge in [0.2, 0.25) is 5.91 Å². The van der Waals surface area contributed by atoms with E-state index in [0.717, 1.165) is 6.92 Å². The van der Waals surface area contributed by atoms with E-state index in [9.17, 15) is 40.2 Å². The third-order valence-electron chi connectivity index (χ3n) is 4.35. The van der Waals surface area contributed by atoms with Crippen LogP contribution in [-0.4, -0.2) is 116 Å². The second kappa shape index (κ2) is 8.72. The van der Waals surface area contributed by atoms with Gasteiger partial charge in [0.25, 0.3) is 0 Å². The second-order valence-electron chi connectivity index (χ2n) is 6.30. The highest BCUT2D eigenvalue weighted by molar-refractivity contribution is 5.73. The van der Waals surface area contributed by atoms with Gasteiger partial charge < -0.3 is 55.3 Å². The summed E-state index contributed by atoms with van der Waals surface area (Å²) >= 11 is 0. The maximum absolute atomic E-state index is 11.2. The molecule has 0 unspecified atom stereocenters. The SMILES string of the molecule is CC(=O)N[C@@H]1[C@@H](O)[C@H](O[C@H]2O[C@@H](C(=O)O)[C@@H](O)[C@H](O)[C@H]2O)[C@@H](CO)O[C@@H]1O. The Kier molecular flexibility index (Phi) is 7.07. The first-order chi connectivity index (χ1) is 12.6. The maximum atomic E-state index is 11.2. The lowest BCUT2D eigenvalue weighted by atomic mass is 9.95. The maximum Gasteiger partial charge on any atom is 0.335 e. The normalized spacial score (nSPS) is 45.3. The number of carboxylic acid groups (broad SMARTS) is 1. The average molecular weight is 397 g/mol. The second-order valence-corrected chi connectivity index (χ2v) is 6.30. The predicted molar refractivity (Wildman–Crippen MR) is 80.8 cm³/mol. The summed E-state index contributed by atoms with van der Waals surface area (Å²) in [6.07, 6.45) is -15.7. The fraction of sp³-hybridized carbons (Fsp3) is 0.857. The van der Waals surface area contributed by atoms with E-state index in [1.807, 2.05) is 0 Å². The molecule has 0 saturated carbocycles. The number of rotatable bonds is 5. The van der Waals surface area contributed by atoms with Crippen LogP contribution in [0.15, 0.2) is 0 Å². The van der Waals surface area contributed by atoms with Crippen LogP contribution in [0.4, 0.5) is 0 Å². The molecule has 27 heavy (non-hydrogen) atoms. The van der Waals surface area contributed by atoms with Gasteiger partial charge in [-0.25, -0.2) is 4.79 Å². The zero-order valence-electron chi connectivity index (χ0n) is 14.2. The van der Waals surface area contributed by atoms with E-state index >= 15 is 0 Å². The van der Waals surface area contributed by atoms with Crippen molar-refractivity contribution in [2.45, 2.75) is 68.3 Å². The van der Waals surface area contributed by atoms with E-state index in [1.54, 1.807) is 0 Å². The number of carbonyl (C=O) groups is 2. The van der Waals surface area contributed by atoms with Gasteiger partial charge in [-0.05, 0) is 0 Å². The van der Waals surface area contributed by atoms with E-state index in [2.05, 4.69) is 5.32 Å². The molecular weight excluding hydrogens is 374 g/mol. The van der Waals surface area contributed by atoms with Crippen LogP contribution in [0.5, 0.6) is 0 Å². The number of amides is 1. The number of hydrogen-bond donors (Lipinski definition) is 8.